The van der Waals surface area contributed by atoms with Crippen LogP contribution < -0.4 is 0 Å². The fourth-order valence-corrected chi connectivity index (χ4v) is 5.79. The maximum absolute atomic E-state index is 13.7. The van der Waals surface area contributed by atoms with Crippen molar-refractivity contribution in [2.24, 2.45) is 0 Å². The second kappa shape index (κ2) is 12.6. The number of ketones is 2. The molecule has 1 N–H and O–H groups in total. The maximum Gasteiger partial charge on any atom is 0.228 e. The van der Waals surface area contributed by atoms with Crippen LogP contribution in [0.3, 0.4) is 0 Å². The van der Waals surface area contributed by atoms with E-state index in [1.54, 1.807) is 6.07 Å². The SMILES string of the molecule is Cc1ccc(Cc2cc(C(=O)c3ccc(C)cc3)[nH]c2C(c2ccc(I)cc2)c2ccc(C(=O)c3ccc(C)cc3)o2)cc1. The molecule has 44 heavy (non-hydrogen) atoms. The van der Waals surface area contributed by atoms with Gasteiger partial charge in [-0.2, -0.15) is 0 Å². The number of halogens is 1. The minimum atomic E-state index is -0.369. The monoisotopic (exact) mass is 689 g/mol. The number of nitrogens with one attached hydrogen (secondary N) is 1. The molecule has 0 spiro atoms. The van der Waals surface area contributed by atoms with Crippen LogP contribution in [0.25, 0.3) is 0 Å². The van der Waals surface area contributed by atoms with Crippen LogP contribution in [-0.2, 0) is 6.42 Å². The Hall–Kier alpha value is -4.49. The molecular weight excluding hydrogens is 657 g/mol. The molecule has 0 bridgehead atoms. The Morgan fingerprint density at radius 3 is 1.82 bits per heavy atom. The van der Waals surface area contributed by atoms with E-state index in [9.17, 15) is 9.59 Å². The summed E-state index contributed by atoms with van der Waals surface area (Å²) < 4.78 is 7.48. The maximum atomic E-state index is 13.7. The van der Waals surface area contributed by atoms with E-state index in [4.69, 9.17) is 4.42 Å². The number of hydrogen-bond acceptors (Lipinski definition) is 3. The van der Waals surface area contributed by atoms with E-state index >= 15 is 0 Å². The summed E-state index contributed by atoms with van der Waals surface area (Å²) in [7, 11) is 0. The van der Waals surface area contributed by atoms with Gasteiger partial charge in [0, 0.05) is 20.4 Å². The lowest BCUT2D eigenvalue weighted by Gasteiger charge is -2.17. The van der Waals surface area contributed by atoms with Crippen LogP contribution >= 0.6 is 22.6 Å². The van der Waals surface area contributed by atoms with Crippen molar-refractivity contribution in [1.82, 2.24) is 4.98 Å². The molecule has 1 unspecified atom stereocenters. The van der Waals surface area contributed by atoms with Crippen LogP contribution in [0.4, 0.5) is 0 Å². The van der Waals surface area contributed by atoms with Crippen molar-refractivity contribution in [3.05, 3.63) is 186 Å². The van der Waals surface area contributed by atoms with Gasteiger partial charge in [0.2, 0.25) is 11.6 Å². The van der Waals surface area contributed by atoms with Crippen molar-refractivity contribution < 1.29 is 14.0 Å². The largest absolute Gasteiger partial charge is 0.457 e. The number of rotatable bonds is 9. The molecule has 4 nitrogen and oxygen atoms in total. The van der Waals surface area contributed by atoms with Gasteiger partial charge in [0.25, 0.3) is 0 Å². The number of H-pyrrole nitrogens is 1. The summed E-state index contributed by atoms with van der Waals surface area (Å²) in [5, 5.41) is 0. The molecular formula is C39H32INO3. The first kappa shape index (κ1) is 29.6. The second-order valence-corrected chi connectivity index (χ2v) is 12.6. The van der Waals surface area contributed by atoms with E-state index in [1.165, 1.54) is 5.56 Å². The Balaban J connectivity index is 1.47. The average Bonchev–Trinajstić information content (AvgIpc) is 3.68. The highest BCUT2D eigenvalue weighted by Gasteiger charge is 2.28. The van der Waals surface area contributed by atoms with E-state index in [-0.39, 0.29) is 23.2 Å². The zero-order valence-electron chi connectivity index (χ0n) is 24.9. The van der Waals surface area contributed by atoms with Crippen molar-refractivity contribution in [2.75, 3.05) is 0 Å². The van der Waals surface area contributed by atoms with Gasteiger partial charge in [0.15, 0.2) is 5.76 Å². The third-order valence-corrected chi connectivity index (χ3v) is 8.67. The van der Waals surface area contributed by atoms with Gasteiger partial charge >= 0.3 is 0 Å². The zero-order valence-corrected chi connectivity index (χ0v) is 27.0. The average molecular weight is 690 g/mol. The van der Waals surface area contributed by atoms with Gasteiger partial charge in [-0.1, -0.05) is 102 Å². The Kier molecular flexibility index (Phi) is 8.49. The topological polar surface area (TPSA) is 63.1 Å². The Morgan fingerprint density at radius 2 is 1.23 bits per heavy atom. The summed E-state index contributed by atoms with van der Waals surface area (Å²) in [4.78, 5) is 30.6. The summed E-state index contributed by atoms with van der Waals surface area (Å²) in [6, 6.07) is 37.5. The van der Waals surface area contributed by atoms with Gasteiger partial charge < -0.3 is 9.40 Å². The number of aryl methyl sites for hydroxylation is 3. The molecule has 0 aliphatic heterocycles. The molecule has 1 atom stereocenters. The van der Waals surface area contributed by atoms with E-state index in [0.717, 1.165) is 37.1 Å². The van der Waals surface area contributed by atoms with Gasteiger partial charge in [-0.3, -0.25) is 9.59 Å². The first-order valence-corrected chi connectivity index (χ1v) is 15.7. The molecule has 4 aromatic carbocycles. The number of aromatic amines is 1. The quantitative estimate of drug-likeness (QED) is 0.122. The highest BCUT2D eigenvalue weighted by atomic mass is 127. The second-order valence-electron chi connectivity index (χ2n) is 11.4. The van der Waals surface area contributed by atoms with Gasteiger partial charge in [0.1, 0.15) is 5.76 Å². The first-order valence-electron chi connectivity index (χ1n) is 14.6. The van der Waals surface area contributed by atoms with Crippen LogP contribution in [0.2, 0.25) is 0 Å². The molecule has 0 aliphatic rings. The molecule has 218 valence electrons. The smallest absolute Gasteiger partial charge is 0.228 e. The molecule has 6 aromatic rings. The Morgan fingerprint density at radius 1 is 0.682 bits per heavy atom. The van der Waals surface area contributed by atoms with Crippen molar-refractivity contribution in [2.45, 2.75) is 33.1 Å². The highest BCUT2D eigenvalue weighted by Crippen LogP contribution is 2.37. The van der Waals surface area contributed by atoms with E-state index in [2.05, 4.69) is 83.0 Å². The molecule has 0 fully saturated rings. The molecule has 2 heterocycles. The molecule has 0 amide bonds. The molecule has 2 aromatic heterocycles. The highest BCUT2D eigenvalue weighted by molar-refractivity contribution is 14.1. The summed E-state index contributed by atoms with van der Waals surface area (Å²) in [6.07, 6.45) is 0.629. The molecule has 0 saturated heterocycles. The van der Waals surface area contributed by atoms with Crippen molar-refractivity contribution in [3.8, 4) is 0 Å². The number of furan rings is 1. The van der Waals surface area contributed by atoms with Gasteiger partial charge in [0.05, 0.1) is 11.6 Å². The third kappa shape index (κ3) is 6.38. The van der Waals surface area contributed by atoms with Gasteiger partial charge in [-0.15, -0.1) is 0 Å². The zero-order chi connectivity index (χ0) is 30.8. The van der Waals surface area contributed by atoms with E-state index < -0.39 is 0 Å². The lowest BCUT2D eigenvalue weighted by Crippen LogP contribution is -2.08. The predicted octanol–water partition coefficient (Wildman–Crippen LogP) is 9.37. The van der Waals surface area contributed by atoms with Crippen molar-refractivity contribution >= 4 is 34.2 Å². The van der Waals surface area contributed by atoms with Gasteiger partial charge in [-0.25, -0.2) is 0 Å². The van der Waals surface area contributed by atoms with Crippen LogP contribution in [0.15, 0.2) is 120 Å². The number of carbonyl (C=O) groups is 2. The number of hydrogen-bond donors (Lipinski definition) is 1. The lowest BCUT2D eigenvalue weighted by atomic mass is 9.89. The van der Waals surface area contributed by atoms with Crippen LogP contribution in [0.5, 0.6) is 0 Å². The lowest BCUT2D eigenvalue weighted by molar-refractivity contribution is 0.101. The fourth-order valence-electron chi connectivity index (χ4n) is 5.43. The van der Waals surface area contributed by atoms with E-state index in [0.29, 0.717) is 29.0 Å². The molecule has 0 radical (unpaired) electrons. The number of aromatic nitrogens is 1. The normalized spacial score (nSPS) is 11.8. The minimum absolute atomic E-state index is 0.0718. The summed E-state index contributed by atoms with van der Waals surface area (Å²) in [5.41, 5.74) is 9.10. The minimum Gasteiger partial charge on any atom is -0.457 e. The summed E-state index contributed by atoms with van der Waals surface area (Å²) >= 11 is 2.30. The summed E-state index contributed by atoms with van der Waals surface area (Å²) in [6.45, 7) is 6.07. The van der Waals surface area contributed by atoms with Crippen LogP contribution in [0, 0.1) is 24.3 Å². The first-order chi connectivity index (χ1) is 21.2. The molecule has 0 saturated carbocycles. The van der Waals surface area contributed by atoms with Gasteiger partial charge in [-0.05, 0) is 96.8 Å². The third-order valence-electron chi connectivity index (χ3n) is 7.95. The van der Waals surface area contributed by atoms with Crippen LogP contribution in [0.1, 0.15) is 82.9 Å². The molecule has 0 aliphatic carbocycles. The van der Waals surface area contributed by atoms with Crippen LogP contribution in [-0.4, -0.2) is 16.6 Å². The molecule has 5 heteroatoms. The molecule has 6 rings (SSSR count). The predicted molar refractivity (Wildman–Crippen MR) is 183 cm³/mol. The van der Waals surface area contributed by atoms with Crippen molar-refractivity contribution in [3.63, 3.8) is 0 Å². The van der Waals surface area contributed by atoms with Crippen molar-refractivity contribution in [1.29, 1.82) is 0 Å². The standard InChI is InChI=1S/C39H32INO3/c1-24-4-10-27(11-5-24)22-31-23-33(38(42)29-12-6-25(2)7-13-29)41-37(31)36(28-16-18-32(40)19-17-28)34-20-21-35(44-34)39(43)30-14-8-26(3)9-15-30/h4-21,23,36,41H,22H2,1-3H3. The number of carbonyl (C=O) groups excluding carboxylic acids is 2. The Labute approximate surface area is 271 Å². The fraction of sp³-hybridized carbons (Fsp3) is 0.128. The van der Waals surface area contributed by atoms with E-state index in [1.807, 2.05) is 74.5 Å². The Bertz CT molecular complexity index is 1930. The summed E-state index contributed by atoms with van der Waals surface area (Å²) in [5.74, 6) is 0.299. The number of benzene rings is 4.